The van der Waals surface area contributed by atoms with Gasteiger partial charge in [0.25, 0.3) is 20.1 Å². The average Bonchev–Trinajstić information content (AvgIpc) is 3.25. The van der Waals surface area contributed by atoms with Crippen LogP contribution in [0, 0.1) is 11.3 Å². The van der Waals surface area contributed by atoms with E-state index in [2.05, 4.69) is 15.1 Å². The summed E-state index contributed by atoms with van der Waals surface area (Å²) < 4.78 is 29.8. The van der Waals surface area contributed by atoms with E-state index in [0.717, 1.165) is 0 Å². The Bertz CT molecular complexity index is 992. The Hall–Kier alpha value is -2.89. The van der Waals surface area contributed by atoms with Gasteiger partial charge in [0.1, 0.15) is 12.7 Å². The molecular weight excluding hydrogens is 537 g/mol. The lowest BCUT2D eigenvalue weighted by molar-refractivity contribution is -0.165. The molecule has 0 aliphatic carbocycles. The molecule has 0 radical (unpaired) electrons. The zero-order valence-corrected chi connectivity index (χ0v) is 23.7. The van der Waals surface area contributed by atoms with Crippen molar-refractivity contribution in [1.82, 2.24) is 9.68 Å². The third-order valence-electron chi connectivity index (χ3n) is 5.45. The molecule has 0 bridgehead atoms. The van der Waals surface area contributed by atoms with Gasteiger partial charge < -0.3 is 23.3 Å². The van der Waals surface area contributed by atoms with Crippen molar-refractivity contribution in [3.05, 3.63) is 0 Å². The van der Waals surface area contributed by atoms with E-state index in [-0.39, 0.29) is 44.7 Å². The molecule has 2 aliphatic rings. The molecule has 0 spiro atoms. The molecule has 39 heavy (non-hydrogen) atoms. The van der Waals surface area contributed by atoms with Gasteiger partial charge in [-0.2, -0.15) is 10.3 Å². The predicted octanol–water partition coefficient (Wildman–Crippen LogP) is 1.60. The third kappa shape index (κ3) is 8.55. The first-order valence-corrected chi connectivity index (χ1v) is 13.6. The molecule has 1 fully saturated rings. The van der Waals surface area contributed by atoms with Gasteiger partial charge in [-0.1, -0.05) is 5.22 Å². The molecule has 0 aromatic heterocycles. The number of rotatable bonds is 14. The number of nitriles is 1. The number of nitrogens with zero attached hydrogens (tertiary/aromatic N) is 5. The van der Waals surface area contributed by atoms with Gasteiger partial charge >= 0.3 is 17.8 Å². The van der Waals surface area contributed by atoms with Gasteiger partial charge in [-0.25, -0.2) is 9.46 Å². The van der Waals surface area contributed by atoms with Crippen LogP contribution in [0.3, 0.4) is 0 Å². The van der Waals surface area contributed by atoms with E-state index in [1.807, 2.05) is 38.4 Å². The van der Waals surface area contributed by atoms with Gasteiger partial charge in [-0.15, -0.1) is 5.11 Å². The topological polar surface area (TPSA) is 186 Å². The average molecular weight is 572 g/mol. The van der Waals surface area contributed by atoms with E-state index < -0.39 is 62.4 Å². The Morgan fingerprint density at radius 2 is 1.87 bits per heavy atom. The first-order valence-electron chi connectivity index (χ1n) is 12.5. The number of amides is 1. The SMILES string of the molecule is CCOC(=O)C(=O)C1N=NN(C2CC(OP(OCCC#N)N(C(C)C)C(C)C)C(COC(C)=O)O2)C(=O)C1=O. The lowest BCUT2D eigenvalue weighted by Gasteiger charge is -2.37. The maximum atomic E-state index is 12.8. The van der Waals surface area contributed by atoms with Gasteiger partial charge in [-0.05, 0) is 34.6 Å². The molecule has 5 unspecified atom stereocenters. The Balaban J connectivity index is 2.28. The minimum absolute atomic E-state index is 0.00666. The molecule has 0 aromatic carbocycles. The summed E-state index contributed by atoms with van der Waals surface area (Å²) in [7, 11) is -1.72. The second kappa shape index (κ2) is 15.0. The second-order valence-corrected chi connectivity index (χ2v) is 10.5. The number of ether oxygens (including phenoxy) is 3. The van der Waals surface area contributed by atoms with E-state index in [9.17, 15) is 24.0 Å². The molecule has 5 atom stereocenters. The van der Waals surface area contributed by atoms with Gasteiger partial charge in [0.2, 0.25) is 6.04 Å². The van der Waals surface area contributed by atoms with Crippen molar-refractivity contribution in [3.63, 3.8) is 0 Å². The predicted molar refractivity (Wildman–Crippen MR) is 132 cm³/mol. The summed E-state index contributed by atoms with van der Waals surface area (Å²) in [6.45, 7) is 10.3. The molecule has 1 saturated heterocycles. The summed E-state index contributed by atoms with van der Waals surface area (Å²) in [5, 5.41) is 16.9. The van der Waals surface area contributed by atoms with Crippen LogP contribution in [0.15, 0.2) is 10.3 Å². The van der Waals surface area contributed by atoms with Gasteiger partial charge in [0.15, 0.2) is 6.23 Å². The fourth-order valence-corrected chi connectivity index (χ4v) is 5.58. The number of Topliss-reactive ketones (excluding diaryl/α,β-unsaturated/α-hetero) is 2. The molecule has 2 rings (SSSR count). The monoisotopic (exact) mass is 571 g/mol. The van der Waals surface area contributed by atoms with Crippen molar-refractivity contribution in [2.45, 2.75) is 90.9 Å². The van der Waals surface area contributed by atoms with E-state index in [4.69, 9.17) is 23.8 Å². The Morgan fingerprint density at radius 1 is 1.21 bits per heavy atom. The first kappa shape index (κ1) is 32.3. The highest BCUT2D eigenvalue weighted by atomic mass is 31.2. The molecule has 0 saturated carbocycles. The van der Waals surface area contributed by atoms with Crippen molar-refractivity contribution < 1.29 is 47.2 Å². The van der Waals surface area contributed by atoms with Gasteiger partial charge in [0, 0.05) is 25.4 Å². The summed E-state index contributed by atoms with van der Waals surface area (Å²) in [4.78, 5) is 60.8. The number of carbonyl (C=O) groups is 5. The van der Waals surface area contributed by atoms with E-state index >= 15 is 0 Å². The molecule has 2 aliphatic heterocycles. The van der Waals surface area contributed by atoms with Crippen molar-refractivity contribution >= 4 is 37.9 Å². The molecule has 1 amide bonds. The van der Waals surface area contributed by atoms with Crippen molar-refractivity contribution in [2.24, 2.45) is 10.3 Å². The fraction of sp³-hybridized carbons (Fsp3) is 0.739. The smallest absolute Gasteiger partial charge is 0.377 e. The van der Waals surface area contributed by atoms with E-state index in [0.29, 0.717) is 5.01 Å². The normalized spacial score (nSPS) is 23.8. The number of esters is 2. The van der Waals surface area contributed by atoms with Crippen LogP contribution < -0.4 is 0 Å². The Labute approximate surface area is 227 Å². The number of hydrogen-bond donors (Lipinski definition) is 0. The van der Waals surface area contributed by atoms with Crippen LogP contribution in [0.4, 0.5) is 0 Å². The van der Waals surface area contributed by atoms with E-state index in [1.165, 1.54) is 13.8 Å². The second-order valence-electron chi connectivity index (χ2n) is 9.06. The summed E-state index contributed by atoms with van der Waals surface area (Å²) in [5.74, 6) is -5.64. The molecule has 216 valence electrons. The largest absolute Gasteiger partial charge is 0.463 e. The lowest BCUT2D eigenvalue weighted by atomic mass is 10.1. The van der Waals surface area contributed by atoms with Crippen molar-refractivity contribution in [2.75, 3.05) is 19.8 Å². The highest BCUT2D eigenvalue weighted by Gasteiger charge is 2.49. The van der Waals surface area contributed by atoms with Gasteiger partial charge in [0.05, 0.1) is 31.8 Å². The van der Waals surface area contributed by atoms with Crippen LogP contribution in [-0.2, 0) is 47.2 Å². The highest BCUT2D eigenvalue weighted by molar-refractivity contribution is 7.44. The summed E-state index contributed by atoms with van der Waals surface area (Å²) in [6.07, 6.45) is -2.67. The highest BCUT2D eigenvalue weighted by Crippen LogP contribution is 2.49. The maximum Gasteiger partial charge on any atom is 0.377 e. The Kier molecular flexibility index (Phi) is 12.5. The van der Waals surface area contributed by atoms with Gasteiger partial charge in [-0.3, -0.25) is 19.2 Å². The fourth-order valence-electron chi connectivity index (χ4n) is 3.82. The molecule has 15 nitrogen and oxygen atoms in total. The van der Waals surface area contributed by atoms with Crippen LogP contribution in [0.1, 0.15) is 54.4 Å². The van der Waals surface area contributed by atoms with Crippen LogP contribution in [0.2, 0.25) is 0 Å². The van der Waals surface area contributed by atoms with Crippen LogP contribution in [0.25, 0.3) is 0 Å². The Morgan fingerprint density at radius 3 is 2.44 bits per heavy atom. The van der Waals surface area contributed by atoms with E-state index in [1.54, 1.807) is 0 Å². The van der Waals surface area contributed by atoms with Crippen molar-refractivity contribution in [3.8, 4) is 6.07 Å². The standard InChI is InChI=1S/C23H34N5O10P/c1-7-34-23(33)21(31)19-20(30)22(32)27(26-25-19)18-11-16(17(37-18)12-35-15(6)29)38-39(36-10-8-9-24)28(13(2)3)14(4)5/h13-14,16-19H,7-8,10-12H2,1-6H3. The zero-order valence-electron chi connectivity index (χ0n) is 22.8. The number of hydrogen-bond acceptors (Lipinski definition) is 14. The summed E-state index contributed by atoms with van der Waals surface area (Å²) in [6, 6.07) is 0.0910. The van der Waals surface area contributed by atoms with Crippen molar-refractivity contribution in [1.29, 1.82) is 5.26 Å². The minimum Gasteiger partial charge on any atom is -0.463 e. The molecular formula is C23H34N5O10P. The molecule has 0 aromatic rings. The molecule has 0 N–H and O–H groups in total. The maximum absolute atomic E-state index is 12.8. The molecule has 2 heterocycles. The number of ketones is 2. The summed E-state index contributed by atoms with van der Waals surface area (Å²) in [5.41, 5.74) is 0. The third-order valence-corrected chi connectivity index (χ3v) is 7.60. The summed E-state index contributed by atoms with van der Waals surface area (Å²) >= 11 is 0. The zero-order chi connectivity index (χ0) is 29.3. The van der Waals surface area contributed by atoms with Crippen LogP contribution in [-0.4, -0.2) is 95.5 Å². The van der Waals surface area contributed by atoms with Crippen LogP contribution >= 0.6 is 8.53 Å². The minimum atomic E-state index is -1.94. The molecule has 16 heteroatoms. The lowest BCUT2D eigenvalue weighted by Crippen LogP contribution is -2.50. The quantitative estimate of drug-likeness (QED) is 0.0965. The first-order chi connectivity index (χ1) is 18.4. The number of carbonyl (C=O) groups excluding carboxylic acids is 5. The van der Waals surface area contributed by atoms with Crippen LogP contribution in [0.5, 0.6) is 0 Å².